The zero-order valence-electron chi connectivity index (χ0n) is 10.0. The van der Waals surface area contributed by atoms with Crippen LogP contribution in [0.25, 0.3) is 0 Å². The predicted octanol–water partition coefficient (Wildman–Crippen LogP) is 2.79. The van der Waals surface area contributed by atoms with Gasteiger partial charge in [-0.2, -0.15) is 11.8 Å². The van der Waals surface area contributed by atoms with E-state index in [2.05, 4.69) is 33.1 Å². The van der Waals surface area contributed by atoms with Crippen molar-refractivity contribution in [1.82, 2.24) is 5.43 Å². The summed E-state index contributed by atoms with van der Waals surface area (Å²) >= 11 is 2.02. The van der Waals surface area contributed by atoms with Crippen LogP contribution in [0.5, 0.6) is 0 Å². The number of hydrogen-bond acceptors (Lipinski definition) is 3. The van der Waals surface area contributed by atoms with Gasteiger partial charge in [-0.25, -0.2) is 0 Å². The molecule has 0 aromatic carbocycles. The van der Waals surface area contributed by atoms with Crippen molar-refractivity contribution in [2.75, 3.05) is 5.75 Å². The summed E-state index contributed by atoms with van der Waals surface area (Å²) in [5.41, 5.74) is 2.92. The smallest absolute Gasteiger partial charge is 0.0301 e. The molecule has 0 aliphatic carbocycles. The molecule has 0 spiro atoms. The molecule has 86 valence electrons. The molecule has 0 aromatic heterocycles. The fourth-order valence-electron chi connectivity index (χ4n) is 1.15. The molecule has 0 bridgehead atoms. The van der Waals surface area contributed by atoms with E-state index in [9.17, 15) is 0 Å². The second-order valence-corrected chi connectivity index (χ2v) is 5.86. The third-order valence-corrected chi connectivity index (χ3v) is 3.98. The van der Waals surface area contributed by atoms with E-state index in [0.29, 0.717) is 6.04 Å². The Hall–Kier alpha value is 0.270. The molecular formula is C11H26N2S. The Morgan fingerprint density at radius 2 is 1.86 bits per heavy atom. The molecule has 0 aliphatic rings. The molecule has 2 unspecified atom stereocenters. The van der Waals surface area contributed by atoms with Gasteiger partial charge in [0.15, 0.2) is 0 Å². The molecular weight excluding hydrogens is 192 g/mol. The number of thioether (sulfide) groups is 1. The fourth-order valence-corrected chi connectivity index (χ4v) is 2.21. The Kier molecular flexibility index (Phi) is 8.73. The van der Waals surface area contributed by atoms with Gasteiger partial charge in [-0.15, -0.1) is 0 Å². The number of nitrogens with one attached hydrogen (secondary N) is 1. The zero-order chi connectivity index (χ0) is 11.0. The quantitative estimate of drug-likeness (QED) is 0.486. The van der Waals surface area contributed by atoms with E-state index >= 15 is 0 Å². The summed E-state index contributed by atoms with van der Waals surface area (Å²) in [6, 6.07) is 0.483. The average Bonchev–Trinajstić information content (AvgIpc) is 2.17. The van der Waals surface area contributed by atoms with Crippen molar-refractivity contribution in [2.45, 2.75) is 58.2 Å². The minimum atomic E-state index is 0.483. The Bertz CT molecular complexity index is 128. The highest BCUT2D eigenvalue weighted by atomic mass is 32.2. The van der Waals surface area contributed by atoms with Crippen LogP contribution in [0, 0.1) is 5.92 Å². The molecule has 14 heavy (non-hydrogen) atoms. The standard InChI is InChI=1S/C11H26N2S/c1-5-10(4)14-8-11(13-12)7-6-9(2)3/h9-11,13H,5-8,12H2,1-4H3. The molecule has 0 aromatic rings. The van der Waals surface area contributed by atoms with E-state index < -0.39 is 0 Å². The second-order valence-electron chi connectivity index (χ2n) is 4.39. The lowest BCUT2D eigenvalue weighted by Crippen LogP contribution is -2.37. The van der Waals surface area contributed by atoms with Gasteiger partial charge in [-0.3, -0.25) is 11.3 Å². The minimum Gasteiger partial charge on any atom is -0.271 e. The van der Waals surface area contributed by atoms with Crippen molar-refractivity contribution in [3.8, 4) is 0 Å². The summed E-state index contributed by atoms with van der Waals surface area (Å²) in [5.74, 6) is 7.44. The van der Waals surface area contributed by atoms with E-state index in [1.807, 2.05) is 11.8 Å². The van der Waals surface area contributed by atoms with Gasteiger partial charge in [-0.1, -0.05) is 27.7 Å². The van der Waals surface area contributed by atoms with Crippen molar-refractivity contribution >= 4 is 11.8 Å². The molecule has 0 heterocycles. The maximum atomic E-state index is 5.52. The third kappa shape index (κ3) is 7.65. The van der Waals surface area contributed by atoms with Gasteiger partial charge in [0.2, 0.25) is 0 Å². The molecule has 2 nitrogen and oxygen atoms in total. The number of rotatable bonds is 8. The van der Waals surface area contributed by atoms with Gasteiger partial charge in [-0.05, 0) is 25.2 Å². The van der Waals surface area contributed by atoms with Crippen molar-refractivity contribution < 1.29 is 0 Å². The molecule has 0 saturated carbocycles. The van der Waals surface area contributed by atoms with Crippen LogP contribution in [0.3, 0.4) is 0 Å². The predicted molar refractivity (Wildman–Crippen MR) is 67.4 cm³/mol. The Morgan fingerprint density at radius 1 is 1.21 bits per heavy atom. The van der Waals surface area contributed by atoms with Crippen molar-refractivity contribution in [2.24, 2.45) is 11.8 Å². The van der Waals surface area contributed by atoms with Crippen LogP contribution in [0.1, 0.15) is 47.0 Å². The molecule has 3 N–H and O–H groups in total. The highest BCUT2D eigenvalue weighted by Gasteiger charge is 2.09. The third-order valence-electron chi connectivity index (χ3n) is 2.49. The van der Waals surface area contributed by atoms with Crippen LogP contribution >= 0.6 is 11.8 Å². The molecule has 0 rings (SSSR count). The maximum Gasteiger partial charge on any atom is 0.0301 e. The molecule has 0 fully saturated rings. The SMILES string of the molecule is CCC(C)SCC(CCC(C)C)NN. The number of hydrazine groups is 1. The van der Waals surface area contributed by atoms with E-state index in [1.54, 1.807) is 0 Å². The zero-order valence-corrected chi connectivity index (χ0v) is 10.9. The summed E-state index contributed by atoms with van der Waals surface area (Å²) < 4.78 is 0. The van der Waals surface area contributed by atoms with Crippen LogP contribution in [-0.2, 0) is 0 Å². The van der Waals surface area contributed by atoms with Crippen LogP contribution in [0.2, 0.25) is 0 Å². The summed E-state index contributed by atoms with van der Waals surface area (Å²) in [5, 5.41) is 0.755. The molecule has 3 heteroatoms. The van der Waals surface area contributed by atoms with Gasteiger partial charge < -0.3 is 0 Å². The molecule has 0 aliphatic heterocycles. The fraction of sp³-hybridized carbons (Fsp3) is 1.00. The Balaban J connectivity index is 3.57. The van der Waals surface area contributed by atoms with Gasteiger partial charge in [0, 0.05) is 17.0 Å². The minimum absolute atomic E-state index is 0.483. The van der Waals surface area contributed by atoms with E-state index in [1.165, 1.54) is 19.3 Å². The van der Waals surface area contributed by atoms with Crippen molar-refractivity contribution in [3.05, 3.63) is 0 Å². The molecule has 0 radical (unpaired) electrons. The second kappa shape index (κ2) is 8.57. The lowest BCUT2D eigenvalue weighted by Gasteiger charge is -2.18. The van der Waals surface area contributed by atoms with Gasteiger partial charge in [0.25, 0.3) is 0 Å². The first-order valence-corrected chi connectivity index (χ1v) is 6.72. The Labute approximate surface area is 93.4 Å². The van der Waals surface area contributed by atoms with E-state index in [4.69, 9.17) is 5.84 Å². The van der Waals surface area contributed by atoms with E-state index in [0.717, 1.165) is 16.9 Å². The Morgan fingerprint density at radius 3 is 2.29 bits per heavy atom. The average molecular weight is 218 g/mol. The molecule has 2 atom stereocenters. The van der Waals surface area contributed by atoms with Gasteiger partial charge in [0.05, 0.1) is 0 Å². The maximum absolute atomic E-state index is 5.52. The van der Waals surface area contributed by atoms with Crippen LogP contribution in [0.4, 0.5) is 0 Å². The largest absolute Gasteiger partial charge is 0.271 e. The van der Waals surface area contributed by atoms with Gasteiger partial charge in [0.1, 0.15) is 0 Å². The first-order chi connectivity index (χ1) is 6.60. The first-order valence-electron chi connectivity index (χ1n) is 5.67. The monoisotopic (exact) mass is 218 g/mol. The molecule has 0 amide bonds. The topological polar surface area (TPSA) is 38.0 Å². The van der Waals surface area contributed by atoms with E-state index in [-0.39, 0.29) is 0 Å². The van der Waals surface area contributed by atoms with Crippen molar-refractivity contribution in [3.63, 3.8) is 0 Å². The van der Waals surface area contributed by atoms with Crippen LogP contribution < -0.4 is 11.3 Å². The number of nitrogens with two attached hydrogens (primary N) is 1. The van der Waals surface area contributed by atoms with Gasteiger partial charge >= 0.3 is 0 Å². The first kappa shape index (κ1) is 14.3. The summed E-state index contributed by atoms with van der Waals surface area (Å²) in [6.45, 7) is 9.03. The van der Waals surface area contributed by atoms with Crippen molar-refractivity contribution in [1.29, 1.82) is 0 Å². The highest BCUT2D eigenvalue weighted by Crippen LogP contribution is 2.17. The van der Waals surface area contributed by atoms with Crippen LogP contribution in [-0.4, -0.2) is 17.0 Å². The normalized spacial score (nSPS) is 15.9. The number of hydrogen-bond donors (Lipinski definition) is 2. The lowest BCUT2D eigenvalue weighted by molar-refractivity contribution is 0.463. The summed E-state index contributed by atoms with van der Waals surface area (Å²) in [7, 11) is 0. The lowest BCUT2D eigenvalue weighted by atomic mass is 10.0. The summed E-state index contributed by atoms with van der Waals surface area (Å²) in [6.07, 6.45) is 3.69. The van der Waals surface area contributed by atoms with Crippen LogP contribution in [0.15, 0.2) is 0 Å². The highest BCUT2D eigenvalue weighted by molar-refractivity contribution is 7.99. The summed E-state index contributed by atoms with van der Waals surface area (Å²) in [4.78, 5) is 0. The molecule has 0 saturated heterocycles.